The van der Waals surface area contributed by atoms with Gasteiger partial charge in [0.2, 0.25) is 0 Å². The summed E-state index contributed by atoms with van der Waals surface area (Å²) in [4.78, 5) is 23.4. The summed E-state index contributed by atoms with van der Waals surface area (Å²) >= 11 is 0. The van der Waals surface area contributed by atoms with Crippen LogP contribution in [0.15, 0.2) is 60.8 Å². The van der Waals surface area contributed by atoms with Crippen LogP contribution in [0, 0.1) is 11.8 Å². The zero-order valence-electron chi connectivity index (χ0n) is 17.9. The monoisotopic (exact) mass is 388 g/mol. The van der Waals surface area contributed by atoms with Crippen LogP contribution in [0.1, 0.15) is 53.4 Å². The van der Waals surface area contributed by atoms with E-state index in [0.29, 0.717) is 11.8 Å². The number of ether oxygens (including phenoxy) is 2. The standard InChI is InChI=1S/C24H36O4/c1-7-19(3)11-9-13-21(5)17-27-23(25)15-16-24(26)28-18-22(6)14-10-12-20(4)8-2/h7-8,13-16,19-20H,1-2,9-12,17-18H2,3-6H3/b16-15-,21-13?,22-14?. The van der Waals surface area contributed by atoms with Crippen molar-refractivity contribution in [3.8, 4) is 0 Å². The Labute approximate surface area is 170 Å². The van der Waals surface area contributed by atoms with Crippen molar-refractivity contribution >= 4 is 11.9 Å². The molecule has 0 heterocycles. The lowest BCUT2D eigenvalue weighted by atomic mass is 10.1. The molecule has 0 radical (unpaired) electrons. The molecule has 2 unspecified atom stereocenters. The van der Waals surface area contributed by atoms with Gasteiger partial charge in [0.15, 0.2) is 0 Å². The van der Waals surface area contributed by atoms with Crippen LogP contribution in [-0.4, -0.2) is 25.2 Å². The minimum absolute atomic E-state index is 0.214. The number of carbonyl (C=O) groups is 2. The lowest BCUT2D eigenvalue weighted by Gasteiger charge is -2.05. The van der Waals surface area contributed by atoms with E-state index < -0.39 is 11.9 Å². The quantitative estimate of drug-likeness (QED) is 0.217. The summed E-state index contributed by atoms with van der Waals surface area (Å²) < 4.78 is 10.2. The van der Waals surface area contributed by atoms with Crippen molar-refractivity contribution in [2.75, 3.05) is 13.2 Å². The van der Waals surface area contributed by atoms with Gasteiger partial charge in [0.05, 0.1) is 0 Å². The van der Waals surface area contributed by atoms with Gasteiger partial charge in [-0.15, -0.1) is 13.2 Å². The van der Waals surface area contributed by atoms with Crippen molar-refractivity contribution in [2.24, 2.45) is 11.8 Å². The molecule has 0 spiro atoms. The van der Waals surface area contributed by atoms with E-state index in [4.69, 9.17) is 9.47 Å². The molecule has 0 saturated heterocycles. The van der Waals surface area contributed by atoms with Gasteiger partial charge in [-0.25, -0.2) is 9.59 Å². The molecule has 156 valence electrons. The summed E-state index contributed by atoms with van der Waals surface area (Å²) in [5.41, 5.74) is 1.96. The zero-order chi connectivity index (χ0) is 21.4. The van der Waals surface area contributed by atoms with E-state index in [0.717, 1.165) is 49.0 Å². The molecule has 4 heteroatoms. The summed E-state index contributed by atoms with van der Waals surface area (Å²) in [5, 5.41) is 0. The Morgan fingerprint density at radius 2 is 1.14 bits per heavy atom. The summed E-state index contributed by atoms with van der Waals surface area (Å²) in [6, 6.07) is 0. The summed E-state index contributed by atoms with van der Waals surface area (Å²) in [7, 11) is 0. The first-order valence-electron chi connectivity index (χ1n) is 9.86. The van der Waals surface area contributed by atoms with Crippen LogP contribution in [0.4, 0.5) is 0 Å². The third-order valence-corrected chi connectivity index (χ3v) is 4.27. The Morgan fingerprint density at radius 3 is 1.46 bits per heavy atom. The van der Waals surface area contributed by atoms with Crippen LogP contribution in [0.3, 0.4) is 0 Å². The van der Waals surface area contributed by atoms with Gasteiger partial charge >= 0.3 is 11.9 Å². The first-order chi connectivity index (χ1) is 13.3. The van der Waals surface area contributed by atoms with Gasteiger partial charge in [0, 0.05) is 12.2 Å². The van der Waals surface area contributed by atoms with E-state index in [9.17, 15) is 9.59 Å². The second-order valence-corrected chi connectivity index (χ2v) is 7.23. The Kier molecular flexibility index (Phi) is 14.4. The van der Waals surface area contributed by atoms with Gasteiger partial charge < -0.3 is 9.47 Å². The predicted molar refractivity (Wildman–Crippen MR) is 116 cm³/mol. The minimum atomic E-state index is -0.560. The normalized spacial score (nSPS) is 14.4. The molecule has 2 atom stereocenters. The smallest absolute Gasteiger partial charge is 0.331 e. The summed E-state index contributed by atoms with van der Waals surface area (Å²) in [5.74, 6) is -0.186. The molecule has 0 aliphatic carbocycles. The molecular weight excluding hydrogens is 352 g/mol. The molecule has 0 aromatic heterocycles. The predicted octanol–water partition coefficient (Wildman–Crippen LogP) is 5.73. The van der Waals surface area contributed by atoms with Crippen LogP contribution in [0.2, 0.25) is 0 Å². The maximum atomic E-state index is 11.7. The van der Waals surface area contributed by atoms with Crippen LogP contribution in [0.25, 0.3) is 0 Å². The molecule has 0 rings (SSSR count). The molecule has 0 aromatic carbocycles. The largest absolute Gasteiger partial charge is 0.458 e. The molecule has 0 aromatic rings. The highest BCUT2D eigenvalue weighted by molar-refractivity contribution is 5.91. The minimum Gasteiger partial charge on any atom is -0.458 e. The van der Waals surface area contributed by atoms with E-state index in [1.54, 1.807) is 0 Å². The van der Waals surface area contributed by atoms with Crippen molar-refractivity contribution in [2.45, 2.75) is 53.4 Å². The van der Waals surface area contributed by atoms with Gasteiger partial charge in [-0.05, 0) is 62.5 Å². The van der Waals surface area contributed by atoms with E-state index in [2.05, 4.69) is 39.2 Å². The van der Waals surface area contributed by atoms with Crippen LogP contribution < -0.4 is 0 Å². The Morgan fingerprint density at radius 1 is 0.786 bits per heavy atom. The van der Waals surface area contributed by atoms with Gasteiger partial charge in [-0.1, -0.05) is 38.2 Å². The van der Waals surface area contributed by atoms with Crippen molar-refractivity contribution in [1.82, 2.24) is 0 Å². The van der Waals surface area contributed by atoms with Gasteiger partial charge in [0.1, 0.15) is 13.2 Å². The summed E-state index contributed by atoms with van der Waals surface area (Å²) in [6.07, 6.45) is 14.0. The van der Waals surface area contributed by atoms with E-state index in [1.165, 1.54) is 0 Å². The van der Waals surface area contributed by atoms with Crippen LogP contribution in [0.5, 0.6) is 0 Å². The fourth-order valence-corrected chi connectivity index (χ4v) is 2.14. The first kappa shape index (κ1) is 25.6. The second kappa shape index (κ2) is 15.7. The highest BCUT2D eigenvalue weighted by atomic mass is 16.5. The Balaban J connectivity index is 4.11. The SMILES string of the molecule is C=CC(C)CCC=C(C)COC(=O)/C=C\C(=O)OCC(C)=CCCC(C)C=C. The Hall–Kier alpha value is -2.36. The third-order valence-electron chi connectivity index (χ3n) is 4.27. The highest BCUT2D eigenvalue weighted by Crippen LogP contribution is 2.09. The fourth-order valence-electron chi connectivity index (χ4n) is 2.14. The lowest BCUT2D eigenvalue weighted by Crippen LogP contribution is -2.07. The highest BCUT2D eigenvalue weighted by Gasteiger charge is 2.03. The van der Waals surface area contributed by atoms with Crippen LogP contribution in [-0.2, 0) is 19.1 Å². The number of allylic oxidation sites excluding steroid dienone is 4. The maximum absolute atomic E-state index is 11.7. The molecule has 0 aliphatic rings. The second-order valence-electron chi connectivity index (χ2n) is 7.23. The molecule has 4 nitrogen and oxygen atoms in total. The van der Waals surface area contributed by atoms with Crippen molar-refractivity contribution in [1.29, 1.82) is 0 Å². The molecule has 0 fully saturated rings. The van der Waals surface area contributed by atoms with Gasteiger partial charge in [-0.3, -0.25) is 0 Å². The molecule has 0 N–H and O–H groups in total. The number of rotatable bonds is 14. The number of hydrogen-bond donors (Lipinski definition) is 0. The third kappa shape index (κ3) is 14.8. The molecule has 0 saturated carbocycles. The molecule has 0 amide bonds. The van der Waals surface area contributed by atoms with Crippen molar-refractivity contribution in [3.63, 3.8) is 0 Å². The number of hydrogen-bond acceptors (Lipinski definition) is 4. The van der Waals surface area contributed by atoms with E-state index >= 15 is 0 Å². The average molecular weight is 389 g/mol. The lowest BCUT2D eigenvalue weighted by molar-refractivity contribution is -0.139. The number of carbonyl (C=O) groups excluding carboxylic acids is 2. The summed E-state index contributed by atoms with van der Waals surface area (Å²) in [6.45, 7) is 16.0. The van der Waals surface area contributed by atoms with E-state index in [1.807, 2.05) is 26.0 Å². The zero-order valence-corrected chi connectivity index (χ0v) is 17.9. The first-order valence-corrected chi connectivity index (χ1v) is 9.86. The van der Waals surface area contributed by atoms with Gasteiger partial charge in [0.25, 0.3) is 0 Å². The maximum Gasteiger partial charge on any atom is 0.331 e. The molecule has 28 heavy (non-hydrogen) atoms. The van der Waals surface area contributed by atoms with Gasteiger partial charge in [-0.2, -0.15) is 0 Å². The van der Waals surface area contributed by atoms with E-state index in [-0.39, 0.29) is 13.2 Å². The molecular formula is C24H36O4. The Bertz CT molecular complexity index is 544. The average Bonchev–Trinajstić information content (AvgIpc) is 2.68. The molecule has 0 aliphatic heterocycles. The van der Waals surface area contributed by atoms with Crippen molar-refractivity contribution in [3.05, 3.63) is 60.8 Å². The van der Waals surface area contributed by atoms with Crippen LogP contribution >= 0.6 is 0 Å². The fraction of sp³-hybridized carbons (Fsp3) is 0.500. The topological polar surface area (TPSA) is 52.6 Å². The molecule has 0 bridgehead atoms. The van der Waals surface area contributed by atoms with Crippen molar-refractivity contribution < 1.29 is 19.1 Å². The number of esters is 2.